The monoisotopic (exact) mass is 646 g/mol. The lowest BCUT2D eigenvalue weighted by molar-refractivity contribution is 0.00578. The lowest BCUT2D eigenvalue weighted by Crippen LogP contribution is -2.41. The van der Waals surface area contributed by atoms with Gasteiger partial charge in [0, 0.05) is 29.0 Å². The number of halogens is 2. The van der Waals surface area contributed by atoms with E-state index in [0.29, 0.717) is 10.7 Å². The zero-order valence-electron chi connectivity index (χ0n) is 25.9. The second kappa shape index (κ2) is 13.5. The summed E-state index contributed by atoms with van der Waals surface area (Å²) in [5, 5.41) is 5.66. The van der Waals surface area contributed by atoms with Gasteiger partial charge in [0.15, 0.2) is 0 Å². The van der Waals surface area contributed by atoms with Gasteiger partial charge in [-0.2, -0.15) is 0 Å². The highest BCUT2D eigenvalue weighted by atomic mass is 35.5. The Morgan fingerprint density at radius 1 is 0.913 bits per heavy atom. The normalized spacial score (nSPS) is 14.9. The minimum atomic E-state index is -0.718. The van der Waals surface area contributed by atoms with Crippen LogP contribution < -0.4 is 26.3 Å². The maximum absolute atomic E-state index is 14.8. The number of rotatable bonds is 9. The van der Waals surface area contributed by atoms with Crippen LogP contribution in [0.4, 0.5) is 20.6 Å². The largest absolute Gasteiger partial charge is 0.494 e. The second-order valence-electron chi connectivity index (χ2n) is 11.7. The lowest BCUT2D eigenvalue weighted by atomic mass is 9.79. The molecule has 238 valence electrons. The van der Waals surface area contributed by atoms with E-state index in [1.807, 2.05) is 52.0 Å². The van der Waals surface area contributed by atoms with Crippen LogP contribution in [-0.4, -0.2) is 35.2 Å². The number of anilines is 2. The first kappa shape index (κ1) is 32.9. The molecule has 0 unspecified atom stereocenters. The third-order valence-corrected chi connectivity index (χ3v) is 8.14. The first-order valence-corrected chi connectivity index (χ1v) is 14.8. The van der Waals surface area contributed by atoms with E-state index in [1.54, 1.807) is 25.1 Å². The highest BCUT2D eigenvalue weighted by Crippen LogP contribution is 2.36. The lowest BCUT2D eigenvalue weighted by Gasteiger charge is -2.32. The molecule has 13 heteroatoms. The molecule has 0 atom stereocenters. The van der Waals surface area contributed by atoms with E-state index in [1.165, 1.54) is 30.5 Å². The van der Waals surface area contributed by atoms with Crippen molar-refractivity contribution >= 4 is 47.5 Å². The average molecular weight is 647 g/mol. The predicted molar refractivity (Wildman–Crippen MR) is 174 cm³/mol. The Morgan fingerprint density at radius 3 is 2.28 bits per heavy atom. The molecule has 0 aliphatic carbocycles. The third kappa shape index (κ3) is 7.83. The van der Waals surface area contributed by atoms with Gasteiger partial charge in [-0.25, -0.2) is 14.7 Å². The van der Waals surface area contributed by atoms with E-state index >= 15 is 0 Å². The van der Waals surface area contributed by atoms with E-state index < -0.39 is 36.1 Å². The number of benzene rings is 3. The van der Waals surface area contributed by atoms with Crippen LogP contribution in [0.3, 0.4) is 0 Å². The molecule has 4 aromatic rings. The Hall–Kier alpha value is -4.49. The average Bonchev–Trinajstić information content (AvgIpc) is 3.23. The van der Waals surface area contributed by atoms with Crippen molar-refractivity contribution in [1.82, 2.24) is 10.5 Å². The van der Waals surface area contributed by atoms with Gasteiger partial charge in [0.05, 0.1) is 23.5 Å². The summed E-state index contributed by atoms with van der Waals surface area (Å²) < 4.78 is 32.7. The Bertz CT molecular complexity index is 1740. The summed E-state index contributed by atoms with van der Waals surface area (Å²) in [6.07, 6.45) is 1.38. The van der Waals surface area contributed by atoms with Crippen LogP contribution in [-0.2, 0) is 20.8 Å². The van der Waals surface area contributed by atoms with Gasteiger partial charge in [0.2, 0.25) is 0 Å². The Kier molecular flexibility index (Phi) is 9.64. The molecule has 5 rings (SSSR count). The van der Waals surface area contributed by atoms with Crippen LogP contribution in [0.15, 0.2) is 79.0 Å². The molecule has 1 aliphatic heterocycles. The minimum absolute atomic E-state index is 0.0291. The third-order valence-electron chi connectivity index (χ3n) is 7.71. The number of hydroxylamine groups is 1. The van der Waals surface area contributed by atoms with Gasteiger partial charge in [-0.05, 0) is 87.6 Å². The van der Waals surface area contributed by atoms with Crippen LogP contribution in [0.25, 0.3) is 0 Å². The fourth-order valence-corrected chi connectivity index (χ4v) is 4.51. The first-order chi connectivity index (χ1) is 21.8. The zero-order chi connectivity index (χ0) is 33.1. The molecular weight excluding hydrogens is 614 g/mol. The first-order valence-electron chi connectivity index (χ1n) is 14.4. The summed E-state index contributed by atoms with van der Waals surface area (Å²) >= 11 is 6.01. The molecule has 0 bridgehead atoms. The molecule has 0 spiro atoms. The minimum Gasteiger partial charge on any atom is -0.457 e. The summed E-state index contributed by atoms with van der Waals surface area (Å²) in [5.74, 6) is -0.916. The summed E-state index contributed by atoms with van der Waals surface area (Å²) in [6.45, 7) is 9.92. The summed E-state index contributed by atoms with van der Waals surface area (Å²) in [4.78, 5) is 34.5. The van der Waals surface area contributed by atoms with Crippen molar-refractivity contribution in [3.05, 3.63) is 107 Å². The summed E-state index contributed by atoms with van der Waals surface area (Å²) in [6, 6.07) is 18.8. The Balaban J connectivity index is 1.11. The standard InChI is InChI=1S/C33H33BClFN4O6/c1-20-16-23(10-12-26(20)35)38-31(42)39-28-13-11-24(17-27(28)36)44-25-14-15-37-29(18-25)30(41)40-43-19-21-6-8-22(9-7-21)34-45-32(2,3)33(4,5)46-34/h6-18H,19H2,1-5H3,(H,40,41)(H2,38,39,42). The molecule has 10 nitrogen and oxygen atoms in total. The molecule has 1 fully saturated rings. The second-order valence-corrected chi connectivity index (χ2v) is 12.1. The number of urea groups is 1. The number of ether oxygens (including phenoxy) is 1. The highest BCUT2D eigenvalue weighted by Gasteiger charge is 2.51. The number of hydrogen-bond donors (Lipinski definition) is 3. The molecule has 0 saturated carbocycles. The van der Waals surface area contributed by atoms with Crippen molar-refractivity contribution in [2.45, 2.75) is 52.4 Å². The zero-order valence-corrected chi connectivity index (χ0v) is 26.7. The van der Waals surface area contributed by atoms with E-state index in [9.17, 15) is 14.0 Å². The molecule has 1 saturated heterocycles. The number of amides is 3. The van der Waals surface area contributed by atoms with Gasteiger partial charge in [-0.3, -0.25) is 14.6 Å². The summed E-state index contributed by atoms with van der Waals surface area (Å²) in [7, 11) is -0.469. The van der Waals surface area contributed by atoms with Crippen LogP contribution in [0, 0.1) is 12.7 Å². The van der Waals surface area contributed by atoms with Gasteiger partial charge < -0.3 is 24.7 Å². The number of nitrogens with zero attached hydrogens (tertiary/aromatic N) is 1. The van der Waals surface area contributed by atoms with Crippen molar-refractivity contribution in [2.24, 2.45) is 0 Å². The van der Waals surface area contributed by atoms with Gasteiger partial charge >= 0.3 is 13.1 Å². The smallest absolute Gasteiger partial charge is 0.457 e. The number of aromatic nitrogens is 1. The van der Waals surface area contributed by atoms with Crippen molar-refractivity contribution in [1.29, 1.82) is 0 Å². The number of aryl methyl sites for hydroxylation is 1. The van der Waals surface area contributed by atoms with Gasteiger partial charge in [0.1, 0.15) is 23.0 Å². The number of carbonyl (C=O) groups is 2. The SMILES string of the molecule is Cc1cc(NC(=O)Nc2ccc(Oc3ccnc(C(=O)NOCc4ccc(B5OC(C)(C)C(C)(C)O5)cc4)c3)cc2F)ccc1Cl. The maximum Gasteiger partial charge on any atom is 0.494 e. The maximum atomic E-state index is 14.8. The van der Waals surface area contributed by atoms with Crippen molar-refractivity contribution in [3.8, 4) is 11.5 Å². The van der Waals surface area contributed by atoms with E-state index in [4.69, 9.17) is 30.5 Å². The van der Waals surface area contributed by atoms with Crippen LogP contribution >= 0.6 is 11.6 Å². The molecule has 46 heavy (non-hydrogen) atoms. The molecule has 0 radical (unpaired) electrons. The molecular formula is C33H33BClFN4O6. The molecule has 2 heterocycles. The van der Waals surface area contributed by atoms with E-state index in [0.717, 1.165) is 22.7 Å². The van der Waals surface area contributed by atoms with Crippen LogP contribution in [0.2, 0.25) is 5.02 Å². The van der Waals surface area contributed by atoms with Crippen molar-refractivity contribution in [3.63, 3.8) is 0 Å². The number of hydrogen-bond acceptors (Lipinski definition) is 7. The fourth-order valence-electron chi connectivity index (χ4n) is 4.39. The quantitative estimate of drug-likeness (QED) is 0.135. The number of pyridine rings is 1. The van der Waals surface area contributed by atoms with Gasteiger partial charge in [-0.15, -0.1) is 0 Å². The molecule has 1 aromatic heterocycles. The summed E-state index contributed by atoms with van der Waals surface area (Å²) in [5.41, 5.74) is 4.48. The van der Waals surface area contributed by atoms with Gasteiger partial charge in [0.25, 0.3) is 5.91 Å². The fraction of sp³-hybridized carbons (Fsp3) is 0.242. The van der Waals surface area contributed by atoms with Crippen molar-refractivity contribution in [2.75, 3.05) is 10.6 Å². The highest BCUT2D eigenvalue weighted by molar-refractivity contribution is 6.62. The van der Waals surface area contributed by atoms with E-state index in [-0.39, 0.29) is 29.5 Å². The van der Waals surface area contributed by atoms with Crippen LogP contribution in [0.1, 0.15) is 49.3 Å². The van der Waals surface area contributed by atoms with Crippen LogP contribution in [0.5, 0.6) is 11.5 Å². The molecule has 3 N–H and O–H groups in total. The molecule has 3 aromatic carbocycles. The molecule has 3 amide bonds. The number of carbonyl (C=O) groups excluding carboxylic acids is 2. The Morgan fingerprint density at radius 2 is 1.61 bits per heavy atom. The number of nitrogens with one attached hydrogen (secondary N) is 3. The van der Waals surface area contributed by atoms with Crippen molar-refractivity contribution < 1.29 is 32.9 Å². The molecule has 1 aliphatic rings. The topological polar surface area (TPSA) is 120 Å². The van der Waals surface area contributed by atoms with E-state index in [2.05, 4.69) is 21.1 Å². The van der Waals surface area contributed by atoms with Gasteiger partial charge in [-0.1, -0.05) is 35.9 Å². The predicted octanol–water partition coefficient (Wildman–Crippen LogP) is 6.78. The Labute approximate surface area is 271 Å².